The molecule has 0 atom stereocenters. The Bertz CT molecular complexity index is 1260. The number of aromatic nitrogens is 2. The van der Waals surface area contributed by atoms with Crippen LogP contribution in [-0.2, 0) is 9.59 Å². The second kappa shape index (κ2) is 9.27. The number of rotatable bonds is 6. The van der Waals surface area contributed by atoms with E-state index in [1.807, 2.05) is 54.7 Å². The largest absolute Gasteiger partial charge is 0.496 e. The van der Waals surface area contributed by atoms with Crippen molar-refractivity contribution in [1.82, 2.24) is 14.7 Å². The normalized spacial score (nSPS) is 14.9. The van der Waals surface area contributed by atoms with E-state index in [4.69, 9.17) is 27.2 Å². The molecule has 0 saturated carbocycles. The fraction of sp³-hybridized carbons (Fsp3) is 0.0909. The molecule has 1 saturated heterocycles. The van der Waals surface area contributed by atoms with Crippen molar-refractivity contribution in [3.8, 4) is 22.7 Å². The number of carbonyl (C=O) groups excluding carboxylic acids is 1. The molecule has 1 aliphatic heterocycles. The summed E-state index contributed by atoms with van der Waals surface area (Å²) >= 11 is 9.79. The lowest BCUT2D eigenvalue weighted by molar-refractivity contribution is -0.140. The molecule has 0 aliphatic carbocycles. The number of benzene rings is 2. The van der Waals surface area contributed by atoms with Crippen molar-refractivity contribution in [2.24, 2.45) is 0 Å². The van der Waals surface area contributed by atoms with Crippen LogP contribution in [0.25, 0.3) is 23.0 Å². The maximum absolute atomic E-state index is 12.8. The predicted molar refractivity (Wildman–Crippen MR) is 131 cm³/mol. The summed E-state index contributed by atoms with van der Waals surface area (Å²) in [5.74, 6) is -0.868. The first-order chi connectivity index (χ1) is 15.4. The fourth-order valence-electron chi connectivity index (χ4n) is 3.16. The van der Waals surface area contributed by atoms with E-state index >= 15 is 0 Å². The maximum Gasteiger partial charge on any atom is 0.323 e. The van der Waals surface area contributed by atoms with Crippen molar-refractivity contribution in [1.29, 1.82) is 0 Å². The van der Waals surface area contributed by atoms with Gasteiger partial charge in [0, 0.05) is 17.3 Å². The number of ether oxygens (including phenoxy) is 1. The minimum Gasteiger partial charge on any atom is -0.496 e. The summed E-state index contributed by atoms with van der Waals surface area (Å²) in [5, 5.41) is 13.8. The molecule has 7 nitrogen and oxygen atoms in total. The van der Waals surface area contributed by atoms with Crippen LogP contribution in [0.3, 0.4) is 0 Å². The molecule has 1 N–H and O–H groups in total. The van der Waals surface area contributed by atoms with Crippen molar-refractivity contribution in [3.05, 3.63) is 69.7 Å². The lowest BCUT2D eigenvalue weighted by Crippen LogP contribution is -2.33. The highest BCUT2D eigenvalue weighted by Gasteiger charge is 2.33. The molecule has 1 amide bonds. The van der Waals surface area contributed by atoms with Gasteiger partial charge in [-0.25, -0.2) is 4.68 Å². The van der Waals surface area contributed by atoms with Crippen LogP contribution < -0.4 is 4.74 Å². The van der Waals surface area contributed by atoms with Crippen molar-refractivity contribution >= 4 is 62.2 Å². The molecule has 4 rings (SSSR count). The van der Waals surface area contributed by atoms with Gasteiger partial charge >= 0.3 is 5.97 Å². The number of methoxy groups -OCH3 is 1. The van der Waals surface area contributed by atoms with E-state index in [1.54, 1.807) is 17.9 Å². The number of aliphatic carboxylic acids is 1. The molecule has 10 heteroatoms. The van der Waals surface area contributed by atoms with Gasteiger partial charge in [-0.05, 0) is 52.3 Å². The monoisotopic (exact) mass is 529 g/mol. The second-order valence-electron chi connectivity index (χ2n) is 6.72. The van der Waals surface area contributed by atoms with Crippen LogP contribution in [0.15, 0.2) is 64.1 Å². The lowest BCUT2D eigenvalue weighted by atomic mass is 10.1. The van der Waals surface area contributed by atoms with Gasteiger partial charge in [0.1, 0.15) is 22.3 Å². The average molecular weight is 530 g/mol. The molecule has 0 spiro atoms. The first-order valence-corrected chi connectivity index (χ1v) is 11.4. The van der Waals surface area contributed by atoms with Gasteiger partial charge in [0.15, 0.2) is 0 Å². The SMILES string of the molecule is COc1ccc(-c2nn(-c3ccccc3)cc2/C=C2/SC(=S)N(CC(=O)O)C2=O)cc1Br. The van der Waals surface area contributed by atoms with Gasteiger partial charge in [-0.1, -0.05) is 42.2 Å². The van der Waals surface area contributed by atoms with Crippen molar-refractivity contribution in [2.45, 2.75) is 0 Å². The van der Waals surface area contributed by atoms with E-state index < -0.39 is 18.4 Å². The highest BCUT2D eigenvalue weighted by Crippen LogP contribution is 2.36. The first-order valence-electron chi connectivity index (χ1n) is 9.33. The van der Waals surface area contributed by atoms with Gasteiger partial charge in [0.25, 0.3) is 5.91 Å². The van der Waals surface area contributed by atoms with E-state index in [9.17, 15) is 9.59 Å². The maximum atomic E-state index is 12.8. The van der Waals surface area contributed by atoms with E-state index in [-0.39, 0.29) is 4.32 Å². The summed E-state index contributed by atoms with van der Waals surface area (Å²) in [6, 6.07) is 15.2. The molecule has 1 fully saturated rings. The molecule has 0 bridgehead atoms. The van der Waals surface area contributed by atoms with Crippen LogP contribution in [0.1, 0.15) is 5.56 Å². The topological polar surface area (TPSA) is 84.7 Å². The second-order valence-corrected chi connectivity index (χ2v) is 9.25. The third-order valence-corrected chi connectivity index (χ3v) is 6.64. The van der Waals surface area contributed by atoms with E-state index in [0.29, 0.717) is 21.9 Å². The molecule has 32 heavy (non-hydrogen) atoms. The molecule has 2 aromatic carbocycles. The number of amides is 1. The lowest BCUT2D eigenvalue weighted by Gasteiger charge is -2.10. The van der Waals surface area contributed by atoms with Gasteiger partial charge in [0.2, 0.25) is 0 Å². The van der Waals surface area contributed by atoms with Gasteiger partial charge in [-0.2, -0.15) is 5.10 Å². The number of carboxylic acids is 1. The Balaban J connectivity index is 1.80. The van der Waals surface area contributed by atoms with Gasteiger partial charge < -0.3 is 9.84 Å². The Hall–Kier alpha value is -2.95. The Morgan fingerprint density at radius 3 is 2.69 bits per heavy atom. The van der Waals surface area contributed by atoms with Crippen molar-refractivity contribution in [3.63, 3.8) is 0 Å². The summed E-state index contributed by atoms with van der Waals surface area (Å²) in [6.07, 6.45) is 3.52. The number of thioether (sulfide) groups is 1. The summed E-state index contributed by atoms with van der Waals surface area (Å²) in [6.45, 7) is -0.469. The Morgan fingerprint density at radius 1 is 1.28 bits per heavy atom. The summed E-state index contributed by atoms with van der Waals surface area (Å²) in [7, 11) is 1.59. The zero-order valence-corrected chi connectivity index (χ0v) is 19.9. The first kappa shape index (κ1) is 22.3. The van der Waals surface area contributed by atoms with Crippen LogP contribution in [0.4, 0.5) is 0 Å². The number of halogens is 1. The Kier molecular flexibility index (Phi) is 6.45. The highest BCUT2D eigenvalue weighted by molar-refractivity contribution is 9.10. The smallest absolute Gasteiger partial charge is 0.323 e. The number of hydrogen-bond acceptors (Lipinski definition) is 6. The Labute approximate surface area is 201 Å². The fourth-order valence-corrected chi connectivity index (χ4v) is 4.94. The van der Waals surface area contributed by atoms with Crippen LogP contribution in [0.5, 0.6) is 5.75 Å². The van der Waals surface area contributed by atoms with Crippen molar-refractivity contribution in [2.75, 3.05) is 13.7 Å². The van der Waals surface area contributed by atoms with Crippen LogP contribution in [-0.4, -0.2) is 49.6 Å². The Morgan fingerprint density at radius 2 is 2.03 bits per heavy atom. The minimum absolute atomic E-state index is 0.216. The summed E-state index contributed by atoms with van der Waals surface area (Å²) in [4.78, 5) is 25.3. The van der Waals surface area contributed by atoms with Crippen LogP contribution in [0, 0.1) is 0 Å². The number of nitrogens with zero attached hydrogens (tertiary/aromatic N) is 3. The van der Waals surface area contributed by atoms with Crippen molar-refractivity contribution < 1.29 is 19.4 Å². The molecule has 2 heterocycles. The predicted octanol–water partition coefficient (Wildman–Crippen LogP) is 4.60. The summed E-state index contributed by atoms with van der Waals surface area (Å²) in [5.41, 5.74) is 3.03. The third kappa shape index (κ3) is 4.47. The average Bonchev–Trinajstić information content (AvgIpc) is 3.31. The molecular formula is C22H16BrN3O4S2. The van der Waals surface area contributed by atoms with Gasteiger partial charge in [-0.15, -0.1) is 0 Å². The van der Waals surface area contributed by atoms with E-state index in [1.165, 1.54) is 0 Å². The zero-order chi connectivity index (χ0) is 22.8. The standard InChI is InChI=1S/C22H16BrN3O4S2/c1-30-17-8-7-13(9-16(17)23)20-14(11-26(24-20)15-5-3-2-4-6-15)10-18-21(29)25(12-19(27)28)22(31)32-18/h2-11H,12H2,1H3,(H,27,28)/b18-10+. The minimum atomic E-state index is -1.12. The molecule has 0 unspecified atom stereocenters. The third-order valence-electron chi connectivity index (χ3n) is 4.64. The molecule has 1 aliphatic rings. The molecular weight excluding hydrogens is 514 g/mol. The van der Waals surface area contributed by atoms with Gasteiger partial charge in [0.05, 0.1) is 22.2 Å². The number of carbonyl (C=O) groups is 2. The summed E-state index contributed by atoms with van der Waals surface area (Å²) < 4.78 is 8.04. The molecule has 0 radical (unpaired) electrons. The van der Waals surface area contributed by atoms with Gasteiger partial charge in [-0.3, -0.25) is 14.5 Å². The zero-order valence-electron chi connectivity index (χ0n) is 16.7. The van der Waals surface area contributed by atoms with E-state index in [2.05, 4.69) is 15.9 Å². The molecule has 3 aromatic rings. The number of para-hydroxylation sites is 1. The van der Waals surface area contributed by atoms with Crippen LogP contribution in [0.2, 0.25) is 0 Å². The number of hydrogen-bond donors (Lipinski definition) is 1. The number of carboxylic acid groups (broad SMARTS) is 1. The molecule has 1 aromatic heterocycles. The highest BCUT2D eigenvalue weighted by atomic mass is 79.9. The van der Waals surface area contributed by atoms with Crippen LogP contribution >= 0.6 is 39.9 Å². The van der Waals surface area contributed by atoms with E-state index in [0.717, 1.165) is 32.4 Å². The quantitative estimate of drug-likeness (QED) is 0.369. The molecule has 162 valence electrons. The number of thiocarbonyl (C=S) groups is 1.